The van der Waals surface area contributed by atoms with Crippen LogP contribution in [0.25, 0.3) is 21.9 Å². The van der Waals surface area contributed by atoms with Gasteiger partial charge in [-0.15, -0.1) is 11.3 Å². The van der Waals surface area contributed by atoms with Crippen LogP contribution in [0.3, 0.4) is 0 Å². The first kappa shape index (κ1) is 17.2. The molecule has 0 saturated carbocycles. The first-order chi connectivity index (χ1) is 13.1. The van der Waals surface area contributed by atoms with Gasteiger partial charge in [0.25, 0.3) is 5.91 Å². The van der Waals surface area contributed by atoms with Crippen LogP contribution in [0.1, 0.15) is 28.5 Å². The second-order valence-electron chi connectivity index (χ2n) is 5.87. The molecule has 0 aromatic carbocycles. The fourth-order valence-electron chi connectivity index (χ4n) is 2.81. The maximum atomic E-state index is 13.5. The molecule has 27 heavy (non-hydrogen) atoms. The number of hydrogen-bond acceptors (Lipinski definition) is 6. The Morgan fingerprint density at radius 3 is 2.85 bits per heavy atom. The Kier molecular flexibility index (Phi) is 4.36. The van der Waals surface area contributed by atoms with Gasteiger partial charge in [-0.25, -0.2) is 29.0 Å². The Labute approximate surface area is 157 Å². The third-order valence-corrected chi connectivity index (χ3v) is 4.91. The number of nitrogens with zero attached hydrogens (tertiary/aromatic N) is 5. The Hall–Kier alpha value is -3.20. The summed E-state index contributed by atoms with van der Waals surface area (Å²) in [6.07, 6.45) is 6.72. The standard InChI is InChI=1S/C18H15FN6OS/c1-3-11-9-25(16-13(11)6-12(19)7-22-16)24-17(26)14-8-21-15(23-10(14)2)18-20-4-5-27-18/h4-9H,3H2,1-2H3,(H,24,26). The molecule has 0 radical (unpaired) electrons. The van der Waals surface area contributed by atoms with Crippen molar-refractivity contribution in [3.05, 3.63) is 58.9 Å². The quantitative estimate of drug-likeness (QED) is 0.585. The van der Waals surface area contributed by atoms with Gasteiger partial charge in [0, 0.05) is 29.4 Å². The van der Waals surface area contributed by atoms with Gasteiger partial charge in [-0.2, -0.15) is 0 Å². The molecule has 7 nitrogen and oxygen atoms in total. The summed E-state index contributed by atoms with van der Waals surface area (Å²) in [6, 6.07) is 1.42. The fraction of sp³-hybridized carbons (Fsp3) is 0.167. The van der Waals surface area contributed by atoms with Crippen molar-refractivity contribution in [1.82, 2.24) is 24.6 Å². The number of aryl methyl sites for hydroxylation is 2. The van der Waals surface area contributed by atoms with Crippen LogP contribution in [0.2, 0.25) is 0 Å². The van der Waals surface area contributed by atoms with Gasteiger partial charge in [0.2, 0.25) is 0 Å². The summed E-state index contributed by atoms with van der Waals surface area (Å²) in [5.41, 5.74) is 5.03. The number of hydrogen-bond donors (Lipinski definition) is 1. The Morgan fingerprint density at radius 2 is 2.15 bits per heavy atom. The Bertz CT molecular complexity index is 1140. The minimum Gasteiger partial charge on any atom is -0.267 e. The molecule has 0 aliphatic rings. The molecule has 0 aliphatic carbocycles. The molecule has 0 bridgehead atoms. The number of thiazole rings is 1. The molecule has 4 heterocycles. The summed E-state index contributed by atoms with van der Waals surface area (Å²) in [5.74, 6) is -0.303. The second-order valence-corrected chi connectivity index (χ2v) is 6.77. The lowest BCUT2D eigenvalue weighted by atomic mass is 10.2. The summed E-state index contributed by atoms with van der Waals surface area (Å²) < 4.78 is 15.0. The van der Waals surface area contributed by atoms with E-state index in [1.54, 1.807) is 19.3 Å². The molecule has 0 saturated heterocycles. The first-order valence-corrected chi connectivity index (χ1v) is 9.15. The van der Waals surface area contributed by atoms with Gasteiger partial charge in [0.1, 0.15) is 5.82 Å². The van der Waals surface area contributed by atoms with Crippen molar-refractivity contribution in [1.29, 1.82) is 0 Å². The number of rotatable bonds is 4. The van der Waals surface area contributed by atoms with E-state index in [4.69, 9.17) is 0 Å². The number of halogens is 1. The normalized spacial score (nSPS) is 11.1. The molecule has 1 N–H and O–H groups in total. The number of fused-ring (bicyclic) bond motifs is 1. The average molecular weight is 382 g/mol. The van der Waals surface area contributed by atoms with Crippen LogP contribution in [0.15, 0.2) is 36.2 Å². The van der Waals surface area contributed by atoms with Crippen molar-refractivity contribution in [2.45, 2.75) is 20.3 Å². The van der Waals surface area contributed by atoms with Crippen molar-refractivity contribution in [3.63, 3.8) is 0 Å². The fourth-order valence-corrected chi connectivity index (χ4v) is 3.39. The molecular formula is C18H15FN6OS. The van der Waals surface area contributed by atoms with Crippen molar-refractivity contribution in [3.8, 4) is 10.8 Å². The molecule has 1 amide bonds. The molecule has 0 unspecified atom stereocenters. The van der Waals surface area contributed by atoms with Gasteiger partial charge in [-0.05, 0) is 25.0 Å². The molecule has 0 spiro atoms. The molecule has 9 heteroatoms. The predicted octanol–water partition coefficient (Wildman–Crippen LogP) is 3.34. The SMILES string of the molecule is CCc1cn(NC(=O)c2cnc(-c3nccs3)nc2C)c2ncc(F)cc12. The third kappa shape index (κ3) is 3.17. The number of pyridine rings is 1. The van der Waals surface area contributed by atoms with Crippen LogP contribution in [0.4, 0.5) is 4.39 Å². The number of aromatic nitrogens is 5. The molecule has 136 valence electrons. The van der Waals surface area contributed by atoms with Gasteiger partial charge in [0.05, 0.1) is 17.5 Å². The lowest BCUT2D eigenvalue weighted by Gasteiger charge is -2.09. The van der Waals surface area contributed by atoms with E-state index < -0.39 is 5.82 Å². The molecule has 0 aliphatic heterocycles. The first-order valence-electron chi connectivity index (χ1n) is 8.27. The summed E-state index contributed by atoms with van der Waals surface area (Å²) in [7, 11) is 0. The minimum absolute atomic E-state index is 0.345. The highest BCUT2D eigenvalue weighted by atomic mass is 32.1. The van der Waals surface area contributed by atoms with Crippen molar-refractivity contribution in [2.24, 2.45) is 0 Å². The summed E-state index contributed by atoms with van der Waals surface area (Å²) in [4.78, 5) is 29.6. The number of amides is 1. The van der Waals surface area contributed by atoms with Crippen LogP contribution in [0, 0.1) is 12.7 Å². The van der Waals surface area contributed by atoms with Gasteiger partial charge in [-0.3, -0.25) is 10.2 Å². The third-order valence-electron chi connectivity index (χ3n) is 4.14. The van der Waals surface area contributed by atoms with E-state index in [2.05, 4.69) is 25.4 Å². The van der Waals surface area contributed by atoms with E-state index in [9.17, 15) is 9.18 Å². The predicted molar refractivity (Wildman–Crippen MR) is 101 cm³/mol. The number of carbonyl (C=O) groups is 1. The molecule has 4 aromatic rings. The Balaban J connectivity index is 1.66. The largest absolute Gasteiger partial charge is 0.273 e. The molecule has 4 rings (SSSR count). The molecule has 0 atom stereocenters. The van der Waals surface area contributed by atoms with E-state index in [-0.39, 0.29) is 5.91 Å². The maximum Gasteiger partial charge on any atom is 0.273 e. The molecule has 4 aromatic heterocycles. The van der Waals surface area contributed by atoms with Crippen LogP contribution in [-0.4, -0.2) is 30.5 Å². The van der Waals surface area contributed by atoms with Crippen molar-refractivity contribution >= 4 is 28.3 Å². The van der Waals surface area contributed by atoms with Gasteiger partial charge in [-0.1, -0.05) is 6.92 Å². The van der Waals surface area contributed by atoms with E-state index in [1.807, 2.05) is 12.3 Å². The lowest BCUT2D eigenvalue weighted by molar-refractivity contribution is 0.101. The van der Waals surface area contributed by atoms with Gasteiger partial charge < -0.3 is 0 Å². The monoisotopic (exact) mass is 382 g/mol. The van der Waals surface area contributed by atoms with Crippen LogP contribution in [0.5, 0.6) is 0 Å². The average Bonchev–Trinajstić information content (AvgIpc) is 3.29. The van der Waals surface area contributed by atoms with Crippen molar-refractivity contribution in [2.75, 3.05) is 5.43 Å². The maximum absolute atomic E-state index is 13.5. The topological polar surface area (TPSA) is 85.6 Å². The zero-order valence-electron chi connectivity index (χ0n) is 14.6. The highest BCUT2D eigenvalue weighted by molar-refractivity contribution is 7.12. The zero-order valence-corrected chi connectivity index (χ0v) is 15.4. The van der Waals surface area contributed by atoms with Crippen LogP contribution < -0.4 is 5.43 Å². The minimum atomic E-state index is -0.414. The van der Waals surface area contributed by atoms with Crippen LogP contribution in [-0.2, 0) is 6.42 Å². The van der Waals surface area contributed by atoms with E-state index >= 15 is 0 Å². The summed E-state index contributed by atoms with van der Waals surface area (Å²) in [5, 5.41) is 3.21. The van der Waals surface area contributed by atoms with E-state index in [1.165, 1.54) is 28.3 Å². The lowest BCUT2D eigenvalue weighted by Crippen LogP contribution is -2.23. The van der Waals surface area contributed by atoms with Crippen LogP contribution >= 0.6 is 11.3 Å². The van der Waals surface area contributed by atoms with Gasteiger partial charge >= 0.3 is 0 Å². The number of nitrogens with one attached hydrogen (secondary N) is 1. The number of carbonyl (C=O) groups excluding carboxylic acids is 1. The van der Waals surface area contributed by atoms with Gasteiger partial charge in [0.15, 0.2) is 16.5 Å². The molecular weight excluding hydrogens is 367 g/mol. The van der Waals surface area contributed by atoms with E-state index in [0.717, 1.165) is 11.8 Å². The Morgan fingerprint density at radius 1 is 1.30 bits per heavy atom. The zero-order chi connectivity index (χ0) is 19.0. The smallest absolute Gasteiger partial charge is 0.267 e. The highest BCUT2D eigenvalue weighted by Gasteiger charge is 2.16. The van der Waals surface area contributed by atoms with Crippen molar-refractivity contribution < 1.29 is 9.18 Å². The summed E-state index contributed by atoms with van der Waals surface area (Å²) >= 11 is 1.43. The second kappa shape index (κ2) is 6.84. The molecule has 0 fully saturated rings. The highest BCUT2D eigenvalue weighted by Crippen LogP contribution is 2.21. The summed E-state index contributed by atoms with van der Waals surface area (Å²) in [6.45, 7) is 3.70. The van der Waals surface area contributed by atoms with E-state index in [0.29, 0.717) is 39.5 Å².